The van der Waals surface area contributed by atoms with Crippen LogP contribution in [0, 0.1) is 0 Å². The van der Waals surface area contributed by atoms with Gasteiger partial charge in [-0.05, 0) is 30.5 Å². The van der Waals surface area contributed by atoms with Crippen LogP contribution in [0.3, 0.4) is 0 Å². The van der Waals surface area contributed by atoms with E-state index in [0.717, 1.165) is 42.7 Å². The zero-order chi connectivity index (χ0) is 9.60. The van der Waals surface area contributed by atoms with Gasteiger partial charge in [0.05, 0.1) is 23.5 Å². The molecule has 0 saturated heterocycles. The summed E-state index contributed by atoms with van der Waals surface area (Å²) < 4.78 is 0. The second-order valence-electron chi connectivity index (χ2n) is 4.06. The largest absolute Gasteiger partial charge is 0.366 e. The molecule has 1 aromatic rings. The molecule has 0 atom stereocenters. The second-order valence-corrected chi connectivity index (χ2v) is 4.06. The Labute approximate surface area is 82.5 Å². The molecule has 2 N–H and O–H groups in total. The lowest BCUT2D eigenvalue weighted by Gasteiger charge is -2.08. The molecule has 1 heterocycles. The molecule has 1 aliphatic heterocycles. The molecule has 3 heteroatoms. The van der Waals surface area contributed by atoms with Gasteiger partial charge in [-0.15, -0.1) is 0 Å². The van der Waals surface area contributed by atoms with Crippen molar-refractivity contribution >= 4 is 17.7 Å². The highest BCUT2D eigenvalue weighted by atomic mass is 16.1. The lowest BCUT2D eigenvalue weighted by molar-refractivity contribution is -0.109. The number of benzene rings is 1. The maximum Gasteiger partial charge on any atom is 0.130 e. The van der Waals surface area contributed by atoms with Gasteiger partial charge < -0.3 is 15.4 Å². The van der Waals surface area contributed by atoms with Crippen LogP contribution in [-0.4, -0.2) is 13.0 Å². The van der Waals surface area contributed by atoms with Gasteiger partial charge in [0.25, 0.3) is 0 Å². The van der Waals surface area contributed by atoms with Gasteiger partial charge in [0.1, 0.15) is 6.29 Å². The number of rotatable bonds is 2. The van der Waals surface area contributed by atoms with Crippen LogP contribution < -0.4 is 10.6 Å². The SMILES string of the molecule is O=CC1(c2ccc3c(c2)NCN3)CC1. The molecule has 2 aliphatic rings. The first-order valence-electron chi connectivity index (χ1n) is 4.93. The standard InChI is InChI=1S/C11H12N2O/c14-6-11(3-4-11)8-1-2-9-10(5-8)13-7-12-9/h1-2,5-6,12-13H,3-4,7H2. The van der Waals surface area contributed by atoms with Crippen molar-refractivity contribution in [2.24, 2.45) is 0 Å². The highest BCUT2D eigenvalue weighted by Gasteiger charge is 2.44. The summed E-state index contributed by atoms with van der Waals surface area (Å²) in [5.74, 6) is 0. The summed E-state index contributed by atoms with van der Waals surface area (Å²) in [5, 5.41) is 6.46. The van der Waals surface area contributed by atoms with E-state index in [4.69, 9.17) is 0 Å². The third-order valence-corrected chi connectivity index (χ3v) is 3.17. The number of nitrogens with one attached hydrogen (secondary N) is 2. The highest BCUT2D eigenvalue weighted by molar-refractivity contribution is 5.79. The average molecular weight is 188 g/mol. The maximum absolute atomic E-state index is 11.0. The molecule has 72 valence electrons. The van der Waals surface area contributed by atoms with Crippen LogP contribution in [0.2, 0.25) is 0 Å². The lowest BCUT2D eigenvalue weighted by atomic mass is 9.97. The van der Waals surface area contributed by atoms with Crippen molar-refractivity contribution in [3.05, 3.63) is 23.8 Å². The molecule has 0 spiro atoms. The summed E-state index contributed by atoms with van der Waals surface area (Å²) >= 11 is 0. The normalized spacial score (nSPS) is 20.6. The first-order valence-corrected chi connectivity index (χ1v) is 4.93. The van der Waals surface area contributed by atoms with Crippen LogP contribution in [-0.2, 0) is 10.2 Å². The zero-order valence-corrected chi connectivity index (χ0v) is 7.84. The summed E-state index contributed by atoms with van der Waals surface area (Å²) in [7, 11) is 0. The molecule has 0 amide bonds. The van der Waals surface area contributed by atoms with Crippen LogP contribution in [0.1, 0.15) is 18.4 Å². The second kappa shape index (κ2) is 2.50. The first kappa shape index (κ1) is 7.85. The molecule has 3 rings (SSSR count). The van der Waals surface area contributed by atoms with Gasteiger partial charge in [-0.3, -0.25) is 0 Å². The lowest BCUT2D eigenvalue weighted by Crippen LogP contribution is -2.07. The number of carbonyl (C=O) groups excluding carboxylic acids is 1. The Hall–Kier alpha value is -1.51. The molecule has 0 radical (unpaired) electrons. The van der Waals surface area contributed by atoms with E-state index in [1.807, 2.05) is 6.07 Å². The number of hydrogen-bond acceptors (Lipinski definition) is 3. The van der Waals surface area contributed by atoms with Gasteiger partial charge in [-0.1, -0.05) is 6.07 Å². The minimum absolute atomic E-state index is 0.153. The minimum atomic E-state index is -0.153. The monoisotopic (exact) mass is 188 g/mol. The van der Waals surface area contributed by atoms with E-state index < -0.39 is 0 Å². The molecular weight excluding hydrogens is 176 g/mol. The predicted molar refractivity (Wildman–Crippen MR) is 55.5 cm³/mol. The van der Waals surface area contributed by atoms with E-state index in [2.05, 4.69) is 22.8 Å². The number of aldehydes is 1. The molecular formula is C11H12N2O. The van der Waals surface area contributed by atoms with Gasteiger partial charge in [-0.25, -0.2) is 0 Å². The average Bonchev–Trinajstić information content (AvgIpc) is 2.89. The zero-order valence-electron chi connectivity index (χ0n) is 7.84. The van der Waals surface area contributed by atoms with Crippen molar-refractivity contribution in [1.29, 1.82) is 0 Å². The summed E-state index contributed by atoms with van der Waals surface area (Å²) in [6, 6.07) is 6.20. The van der Waals surface area contributed by atoms with Gasteiger partial charge in [0.2, 0.25) is 0 Å². The van der Waals surface area contributed by atoms with Crippen LogP contribution >= 0.6 is 0 Å². The van der Waals surface area contributed by atoms with Crippen molar-refractivity contribution in [2.45, 2.75) is 18.3 Å². The Kier molecular flexibility index (Phi) is 1.40. The summed E-state index contributed by atoms with van der Waals surface area (Å²) in [4.78, 5) is 11.0. The Morgan fingerprint density at radius 1 is 1.21 bits per heavy atom. The van der Waals surface area contributed by atoms with E-state index >= 15 is 0 Å². The Morgan fingerprint density at radius 2 is 2.00 bits per heavy atom. The smallest absolute Gasteiger partial charge is 0.130 e. The van der Waals surface area contributed by atoms with Crippen LogP contribution in [0.4, 0.5) is 11.4 Å². The van der Waals surface area contributed by atoms with Crippen molar-refractivity contribution in [2.75, 3.05) is 17.3 Å². The Morgan fingerprint density at radius 3 is 2.71 bits per heavy atom. The number of fused-ring (bicyclic) bond motifs is 1. The van der Waals surface area contributed by atoms with Gasteiger partial charge in [0.15, 0.2) is 0 Å². The van der Waals surface area contributed by atoms with Gasteiger partial charge in [-0.2, -0.15) is 0 Å². The minimum Gasteiger partial charge on any atom is -0.366 e. The third-order valence-electron chi connectivity index (χ3n) is 3.17. The van der Waals surface area contributed by atoms with E-state index in [-0.39, 0.29) is 5.41 Å². The molecule has 1 aliphatic carbocycles. The molecule has 1 aromatic carbocycles. The quantitative estimate of drug-likeness (QED) is 0.694. The van der Waals surface area contributed by atoms with E-state index in [0.29, 0.717) is 0 Å². The maximum atomic E-state index is 11.0. The fourth-order valence-corrected chi connectivity index (χ4v) is 2.00. The molecule has 1 saturated carbocycles. The molecule has 1 fully saturated rings. The molecule has 14 heavy (non-hydrogen) atoms. The third kappa shape index (κ3) is 0.953. The van der Waals surface area contributed by atoms with Gasteiger partial charge in [0, 0.05) is 0 Å². The van der Waals surface area contributed by atoms with Crippen molar-refractivity contribution in [1.82, 2.24) is 0 Å². The van der Waals surface area contributed by atoms with E-state index in [1.165, 1.54) is 0 Å². The molecule has 3 nitrogen and oxygen atoms in total. The van der Waals surface area contributed by atoms with E-state index in [9.17, 15) is 4.79 Å². The first-order chi connectivity index (χ1) is 6.84. The van der Waals surface area contributed by atoms with Gasteiger partial charge >= 0.3 is 0 Å². The molecule has 0 unspecified atom stereocenters. The van der Waals surface area contributed by atoms with Crippen molar-refractivity contribution in [3.8, 4) is 0 Å². The Balaban J connectivity index is 2.04. The fraction of sp³-hybridized carbons (Fsp3) is 0.364. The van der Waals surface area contributed by atoms with Crippen molar-refractivity contribution in [3.63, 3.8) is 0 Å². The number of carbonyl (C=O) groups is 1. The number of hydrogen-bond donors (Lipinski definition) is 2. The highest BCUT2D eigenvalue weighted by Crippen LogP contribution is 2.47. The summed E-state index contributed by atoms with van der Waals surface area (Å²) in [5.41, 5.74) is 3.26. The summed E-state index contributed by atoms with van der Waals surface area (Å²) in [6.45, 7) is 0.785. The topological polar surface area (TPSA) is 41.1 Å². The predicted octanol–water partition coefficient (Wildman–Crippen LogP) is 1.71. The molecule has 0 bridgehead atoms. The van der Waals surface area contributed by atoms with Crippen LogP contribution in [0.25, 0.3) is 0 Å². The van der Waals surface area contributed by atoms with E-state index in [1.54, 1.807) is 0 Å². The molecule has 0 aromatic heterocycles. The van der Waals surface area contributed by atoms with Crippen molar-refractivity contribution < 1.29 is 4.79 Å². The summed E-state index contributed by atoms with van der Waals surface area (Å²) in [6.07, 6.45) is 3.10. The Bertz CT molecular complexity index is 396. The fourth-order valence-electron chi connectivity index (χ4n) is 2.00. The van der Waals surface area contributed by atoms with Crippen LogP contribution in [0.5, 0.6) is 0 Å². The van der Waals surface area contributed by atoms with Crippen LogP contribution in [0.15, 0.2) is 18.2 Å². The number of anilines is 2.